The summed E-state index contributed by atoms with van der Waals surface area (Å²) < 4.78 is 0. The maximum Gasteiger partial charge on any atom is 0.154 e. The number of hydrogen-bond acceptors (Lipinski definition) is 2. The smallest absolute Gasteiger partial charge is 0.154 e. The minimum absolute atomic E-state index is 0.0590. The van der Waals surface area contributed by atoms with Gasteiger partial charge in [0, 0.05) is 13.0 Å². The van der Waals surface area contributed by atoms with Crippen molar-refractivity contribution in [3.63, 3.8) is 0 Å². The zero-order valence-electron chi connectivity index (χ0n) is 11.9. The summed E-state index contributed by atoms with van der Waals surface area (Å²) in [6, 6.07) is 0. The van der Waals surface area contributed by atoms with Gasteiger partial charge in [-0.3, -0.25) is 9.69 Å². The summed E-state index contributed by atoms with van der Waals surface area (Å²) in [5.74, 6) is 1.31. The fourth-order valence-corrected chi connectivity index (χ4v) is 3.88. The molecule has 0 aromatic rings. The third-order valence-corrected chi connectivity index (χ3v) is 5.15. The maximum absolute atomic E-state index is 12.2. The van der Waals surface area contributed by atoms with Crippen LogP contribution in [0.5, 0.6) is 0 Å². The maximum atomic E-state index is 12.2. The Balaban J connectivity index is 2.09. The Kier molecular flexibility index (Phi) is 3.37. The molecular formula is C15H27NO. The fourth-order valence-electron chi connectivity index (χ4n) is 3.88. The van der Waals surface area contributed by atoms with Crippen LogP contribution >= 0.6 is 0 Å². The van der Waals surface area contributed by atoms with Crippen molar-refractivity contribution >= 4 is 5.78 Å². The molecule has 2 heteroatoms. The normalized spacial score (nSPS) is 35.8. The van der Waals surface area contributed by atoms with Gasteiger partial charge in [-0.15, -0.1) is 0 Å². The molecule has 2 aliphatic rings. The quantitative estimate of drug-likeness (QED) is 0.697. The number of likely N-dealkylation sites (N-methyl/N-ethyl adjacent to an activating group) is 1. The van der Waals surface area contributed by atoms with Crippen molar-refractivity contribution in [1.29, 1.82) is 0 Å². The van der Waals surface area contributed by atoms with Crippen molar-refractivity contribution < 1.29 is 4.79 Å². The van der Waals surface area contributed by atoms with E-state index < -0.39 is 0 Å². The lowest BCUT2D eigenvalue weighted by Gasteiger charge is -2.45. The zero-order valence-corrected chi connectivity index (χ0v) is 11.9. The van der Waals surface area contributed by atoms with Crippen molar-refractivity contribution in [2.24, 2.45) is 11.3 Å². The van der Waals surface area contributed by atoms with Crippen LogP contribution in [0.3, 0.4) is 0 Å². The number of likely N-dealkylation sites (tertiary alicyclic amines) is 1. The molecule has 1 heterocycles. The van der Waals surface area contributed by atoms with Crippen LogP contribution in [-0.4, -0.2) is 29.3 Å². The lowest BCUT2D eigenvalue weighted by Crippen LogP contribution is -2.51. The number of hydrogen-bond donors (Lipinski definition) is 0. The molecule has 0 atom stereocenters. The third-order valence-electron chi connectivity index (χ3n) is 5.15. The minimum atomic E-state index is -0.0590. The molecule has 0 N–H and O–H groups in total. The Morgan fingerprint density at radius 2 is 1.88 bits per heavy atom. The predicted octanol–water partition coefficient (Wildman–Crippen LogP) is 3.26. The minimum Gasteiger partial charge on any atom is -0.298 e. The average molecular weight is 237 g/mol. The van der Waals surface area contributed by atoms with Gasteiger partial charge in [-0.1, -0.05) is 27.7 Å². The van der Waals surface area contributed by atoms with E-state index in [2.05, 4.69) is 32.6 Å². The van der Waals surface area contributed by atoms with Crippen LogP contribution in [0.15, 0.2) is 0 Å². The Labute approximate surface area is 106 Å². The van der Waals surface area contributed by atoms with Crippen LogP contribution in [0, 0.1) is 11.3 Å². The van der Waals surface area contributed by atoms with E-state index in [1.165, 1.54) is 12.8 Å². The topological polar surface area (TPSA) is 20.3 Å². The molecule has 2 fully saturated rings. The van der Waals surface area contributed by atoms with E-state index in [4.69, 9.17) is 0 Å². The number of nitrogens with zero attached hydrogens (tertiary/aromatic N) is 1. The van der Waals surface area contributed by atoms with Crippen molar-refractivity contribution in [3.05, 3.63) is 0 Å². The second kappa shape index (κ2) is 4.38. The van der Waals surface area contributed by atoms with E-state index in [1.807, 2.05) is 0 Å². The van der Waals surface area contributed by atoms with E-state index in [0.717, 1.165) is 38.3 Å². The number of carbonyl (C=O) groups excluding carboxylic acids is 1. The molecule has 17 heavy (non-hydrogen) atoms. The van der Waals surface area contributed by atoms with Gasteiger partial charge >= 0.3 is 0 Å². The lowest BCUT2D eigenvalue weighted by molar-refractivity contribution is -0.127. The van der Waals surface area contributed by atoms with Gasteiger partial charge in [0.1, 0.15) is 0 Å². The highest BCUT2D eigenvalue weighted by molar-refractivity contribution is 5.90. The summed E-state index contributed by atoms with van der Waals surface area (Å²) in [6.45, 7) is 11.2. The lowest BCUT2D eigenvalue weighted by atomic mass is 9.66. The number of Topliss-reactive ketones (excluding diaryl/α,β-unsaturated/α-hetero) is 1. The summed E-state index contributed by atoms with van der Waals surface area (Å²) in [4.78, 5) is 14.7. The molecule has 1 saturated heterocycles. The Morgan fingerprint density at radius 1 is 1.29 bits per heavy atom. The molecule has 0 radical (unpaired) electrons. The first kappa shape index (κ1) is 13.1. The second-order valence-electron chi connectivity index (χ2n) is 6.92. The van der Waals surface area contributed by atoms with Gasteiger partial charge in [0.15, 0.2) is 5.78 Å². The first-order valence-corrected chi connectivity index (χ1v) is 7.18. The molecule has 1 aliphatic carbocycles. The first-order valence-electron chi connectivity index (χ1n) is 7.18. The summed E-state index contributed by atoms with van der Waals surface area (Å²) >= 11 is 0. The van der Waals surface area contributed by atoms with Crippen LogP contribution in [0.25, 0.3) is 0 Å². The average Bonchev–Trinajstić information content (AvgIpc) is 2.56. The molecule has 0 amide bonds. The highest BCUT2D eigenvalue weighted by Gasteiger charge is 2.49. The second-order valence-corrected chi connectivity index (χ2v) is 6.92. The molecule has 1 aliphatic heterocycles. The Bertz CT molecular complexity index is 295. The molecule has 0 bridgehead atoms. The van der Waals surface area contributed by atoms with Gasteiger partial charge < -0.3 is 0 Å². The highest BCUT2D eigenvalue weighted by Crippen LogP contribution is 2.46. The summed E-state index contributed by atoms with van der Waals surface area (Å²) in [5.41, 5.74) is 0.344. The van der Waals surface area contributed by atoms with Crippen LogP contribution in [0.1, 0.15) is 59.8 Å². The molecule has 0 unspecified atom stereocenters. The highest BCUT2D eigenvalue weighted by atomic mass is 16.1. The van der Waals surface area contributed by atoms with Crippen molar-refractivity contribution in [2.75, 3.05) is 13.1 Å². The third kappa shape index (κ3) is 2.16. The summed E-state index contributed by atoms with van der Waals surface area (Å²) in [5, 5.41) is 0. The van der Waals surface area contributed by atoms with Gasteiger partial charge in [-0.2, -0.15) is 0 Å². The monoisotopic (exact) mass is 237 g/mol. The standard InChI is InChI=1S/C15H27NO/c1-5-16-11-8-13(17)15(16)9-6-12(7-10-15)14(2,3)4/h12H,5-11H2,1-4H3. The largest absolute Gasteiger partial charge is 0.298 e. The molecule has 0 aromatic carbocycles. The van der Waals surface area contributed by atoms with Crippen LogP contribution in [0.4, 0.5) is 0 Å². The molecule has 2 nitrogen and oxygen atoms in total. The van der Waals surface area contributed by atoms with Gasteiger partial charge in [0.25, 0.3) is 0 Å². The molecule has 1 saturated carbocycles. The molecule has 98 valence electrons. The zero-order chi connectivity index (χ0) is 12.7. The molecule has 2 rings (SSSR count). The van der Waals surface area contributed by atoms with E-state index in [0.29, 0.717) is 11.2 Å². The SMILES string of the molecule is CCN1CCC(=O)C12CCC(C(C)(C)C)CC2. The number of rotatable bonds is 1. The van der Waals surface area contributed by atoms with Gasteiger partial charge in [0.05, 0.1) is 5.54 Å². The van der Waals surface area contributed by atoms with Gasteiger partial charge in [-0.05, 0) is 43.6 Å². The summed E-state index contributed by atoms with van der Waals surface area (Å²) in [6.07, 6.45) is 5.44. The fraction of sp³-hybridized carbons (Fsp3) is 0.933. The van der Waals surface area contributed by atoms with Crippen LogP contribution in [-0.2, 0) is 4.79 Å². The first-order chi connectivity index (χ1) is 7.90. The molecule has 0 aromatic heterocycles. The van der Waals surface area contributed by atoms with Gasteiger partial charge in [-0.25, -0.2) is 0 Å². The van der Waals surface area contributed by atoms with Crippen molar-refractivity contribution in [3.8, 4) is 0 Å². The van der Waals surface area contributed by atoms with E-state index in [-0.39, 0.29) is 5.54 Å². The van der Waals surface area contributed by atoms with Crippen molar-refractivity contribution in [1.82, 2.24) is 4.90 Å². The Morgan fingerprint density at radius 3 is 2.35 bits per heavy atom. The van der Waals surface area contributed by atoms with Crippen LogP contribution < -0.4 is 0 Å². The van der Waals surface area contributed by atoms with E-state index >= 15 is 0 Å². The molecule has 1 spiro atoms. The number of ketones is 1. The van der Waals surface area contributed by atoms with E-state index in [9.17, 15) is 4.79 Å². The van der Waals surface area contributed by atoms with E-state index in [1.54, 1.807) is 0 Å². The summed E-state index contributed by atoms with van der Waals surface area (Å²) in [7, 11) is 0. The van der Waals surface area contributed by atoms with Gasteiger partial charge in [0.2, 0.25) is 0 Å². The Hall–Kier alpha value is -0.370. The van der Waals surface area contributed by atoms with Crippen molar-refractivity contribution in [2.45, 2.75) is 65.3 Å². The number of carbonyl (C=O) groups is 1. The molecular weight excluding hydrogens is 210 g/mol. The predicted molar refractivity (Wildman–Crippen MR) is 71.0 cm³/mol. The van der Waals surface area contributed by atoms with Crippen LogP contribution in [0.2, 0.25) is 0 Å².